The molecule has 0 unspecified atom stereocenters. The molecular formula is C13H19NO5S. The third-order valence-corrected chi connectivity index (χ3v) is 4.57. The van der Waals surface area contributed by atoms with Crippen molar-refractivity contribution in [1.82, 2.24) is 4.31 Å². The minimum atomic E-state index is -3.55. The monoisotopic (exact) mass is 301 g/mol. The number of hydrogen-bond acceptors (Lipinski definition) is 4. The molecule has 0 aromatic heterocycles. The average molecular weight is 301 g/mol. The summed E-state index contributed by atoms with van der Waals surface area (Å²) in [4.78, 5) is 10.4. The van der Waals surface area contributed by atoms with Crippen molar-refractivity contribution < 1.29 is 23.1 Å². The van der Waals surface area contributed by atoms with E-state index in [0.717, 1.165) is 9.87 Å². The standard InChI is InChI=1S/C13H19NO5S/c1-11-4-3-5-12(10-11)19-8-7-14(2)20(17,18)9-6-13(15)16/h3-5,10H,6-9H2,1-2H3,(H,15,16). The second-order valence-corrected chi connectivity index (χ2v) is 6.64. The molecule has 0 fully saturated rings. The van der Waals surface area contributed by atoms with Crippen LogP contribution in [0.1, 0.15) is 12.0 Å². The summed E-state index contributed by atoms with van der Waals surface area (Å²) in [6.45, 7) is 2.33. The number of aryl methyl sites for hydroxylation is 1. The molecule has 0 aliphatic carbocycles. The number of ether oxygens (including phenoxy) is 1. The van der Waals surface area contributed by atoms with Gasteiger partial charge in [0, 0.05) is 13.6 Å². The van der Waals surface area contributed by atoms with Crippen LogP contribution in [0.15, 0.2) is 24.3 Å². The van der Waals surface area contributed by atoms with E-state index in [1.54, 1.807) is 6.07 Å². The lowest BCUT2D eigenvalue weighted by atomic mass is 10.2. The van der Waals surface area contributed by atoms with Gasteiger partial charge in [-0.25, -0.2) is 12.7 Å². The Morgan fingerprint density at radius 1 is 1.40 bits per heavy atom. The summed E-state index contributed by atoms with van der Waals surface area (Å²) in [5.74, 6) is -0.845. The van der Waals surface area contributed by atoms with E-state index in [1.807, 2.05) is 25.1 Å². The molecule has 6 nitrogen and oxygen atoms in total. The summed E-state index contributed by atoms with van der Waals surface area (Å²) in [6.07, 6.45) is -0.397. The van der Waals surface area contributed by atoms with Crippen LogP contribution in [-0.2, 0) is 14.8 Å². The highest BCUT2D eigenvalue weighted by molar-refractivity contribution is 7.89. The van der Waals surface area contributed by atoms with Crippen LogP contribution in [0.5, 0.6) is 5.75 Å². The van der Waals surface area contributed by atoms with Gasteiger partial charge in [0.05, 0.1) is 12.2 Å². The van der Waals surface area contributed by atoms with Crippen LogP contribution in [0.25, 0.3) is 0 Å². The fraction of sp³-hybridized carbons (Fsp3) is 0.462. The van der Waals surface area contributed by atoms with Crippen molar-refractivity contribution >= 4 is 16.0 Å². The van der Waals surface area contributed by atoms with E-state index in [9.17, 15) is 13.2 Å². The van der Waals surface area contributed by atoms with Crippen LogP contribution in [-0.4, -0.2) is 49.8 Å². The highest BCUT2D eigenvalue weighted by atomic mass is 32.2. The molecule has 1 N–H and O–H groups in total. The number of aliphatic carboxylic acids is 1. The van der Waals surface area contributed by atoms with Crippen LogP contribution < -0.4 is 4.74 Å². The molecule has 112 valence electrons. The van der Waals surface area contributed by atoms with Gasteiger partial charge in [-0.05, 0) is 24.6 Å². The maximum Gasteiger partial charge on any atom is 0.304 e. The first-order valence-corrected chi connectivity index (χ1v) is 7.77. The molecule has 0 amide bonds. The van der Waals surface area contributed by atoms with Gasteiger partial charge in [-0.1, -0.05) is 12.1 Å². The summed E-state index contributed by atoms with van der Waals surface area (Å²) in [5, 5.41) is 8.50. The Labute approximate surface area is 119 Å². The number of carboxylic acid groups (broad SMARTS) is 1. The quantitative estimate of drug-likeness (QED) is 0.777. The van der Waals surface area contributed by atoms with Gasteiger partial charge in [-0.15, -0.1) is 0 Å². The van der Waals surface area contributed by atoms with Crippen molar-refractivity contribution in [3.05, 3.63) is 29.8 Å². The smallest absolute Gasteiger partial charge is 0.304 e. The number of hydrogen-bond donors (Lipinski definition) is 1. The van der Waals surface area contributed by atoms with E-state index in [1.165, 1.54) is 7.05 Å². The average Bonchev–Trinajstić information content (AvgIpc) is 2.36. The van der Waals surface area contributed by atoms with E-state index in [4.69, 9.17) is 9.84 Å². The Morgan fingerprint density at radius 2 is 2.10 bits per heavy atom. The first-order chi connectivity index (χ1) is 9.31. The normalized spacial score (nSPS) is 11.6. The van der Waals surface area contributed by atoms with E-state index < -0.39 is 28.2 Å². The molecule has 0 radical (unpaired) electrons. The van der Waals surface area contributed by atoms with Gasteiger partial charge in [0.25, 0.3) is 0 Å². The molecule has 7 heteroatoms. The van der Waals surface area contributed by atoms with Gasteiger partial charge in [0.2, 0.25) is 10.0 Å². The summed E-state index contributed by atoms with van der Waals surface area (Å²) in [6, 6.07) is 7.46. The number of carbonyl (C=O) groups is 1. The highest BCUT2D eigenvalue weighted by Crippen LogP contribution is 2.12. The van der Waals surface area contributed by atoms with Gasteiger partial charge in [0.1, 0.15) is 12.4 Å². The van der Waals surface area contributed by atoms with E-state index >= 15 is 0 Å². The SMILES string of the molecule is Cc1cccc(OCCN(C)S(=O)(=O)CCC(=O)O)c1. The largest absolute Gasteiger partial charge is 0.492 e. The molecule has 0 saturated carbocycles. The molecule has 0 aliphatic rings. The summed E-state index contributed by atoms with van der Waals surface area (Å²) >= 11 is 0. The fourth-order valence-corrected chi connectivity index (χ4v) is 2.61. The highest BCUT2D eigenvalue weighted by Gasteiger charge is 2.18. The van der Waals surface area contributed by atoms with Crippen LogP contribution in [0.4, 0.5) is 0 Å². The first-order valence-electron chi connectivity index (χ1n) is 6.16. The molecule has 0 saturated heterocycles. The lowest BCUT2D eigenvalue weighted by Crippen LogP contribution is -2.33. The third-order valence-electron chi connectivity index (χ3n) is 2.71. The molecule has 0 heterocycles. The van der Waals surface area contributed by atoms with Crippen LogP contribution in [0, 0.1) is 6.92 Å². The maximum atomic E-state index is 11.7. The maximum absolute atomic E-state index is 11.7. The number of likely N-dealkylation sites (N-methyl/N-ethyl adjacent to an activating group) is 1. The van der Waals surface area contributed by atoms with Crippen molar-refractivity contribution in [3.8, 4) is 5.75 Å². The molecule has 1 aromatic carbocycles. The zero-order chi connectivity index (χ0) is 15.2. The molecule has 0 aliphatic heterocycles. The van der Waals surface area contributed by atoms with Gasteiger partial charge >= 0.3 is 5.97 Å². The second kappa shape index (κ2) is 7.25. The minimum absolute atomic E-state index is 0.176. The molecule has 0 spiro atoms. The predicted molar refractivity (Wildman–Crippen MR) is 75.3 cm³/mol. The Hall–Kier alpha value is -1.60. The molecule has 1 rings (SSSR count). The Balaban J connectivity index is 2.43. The van der Waals surface area contributed by atoms with Crippen molar-refractivity contribution in [2.45, 2.75) is 13.3 Å². The fourth-order valence-electron chi connectivity index (χ4n) is 1.51. The second-order valence-electron chi connectivity index (χ2n) is 4.45. The van der Waals surface area contributed by atoms with Crippen molar-refractivity contribution in [1.29, 1.82) is 0 Å². The molecule has 0 atom stereocenters. The third kappa shape index (κ3) is 5.58. The van der Waals surface area contributed by atoms with Crippen molar-refractivity contribution in [2.24, 2.45) is 0 Å². The topological polar surface area (TPSA) is 83.9 Å². The number of nitrogens with zero attached hydrogens (tertiary/aromatic N) is 1. The van der Waals surface area contributed by atoms with Gasteiger partial charge < -0.3 is 9.84 Å². The van der Waals surface area contributed by atoms with Gasteiger partial charge in [-0.3, -0.25) is 4.79 Å². The lowest BCUT2D eigenvalue weighted by molar-refractivity contribution is -0.136. The van der Waals surface area contributed by atoms with Crippen molar-refractivity contribution in [2.75, 3.05) is 26.0 Å². The van der Waals surface area contributed by atoms with Crippen LogP contribution >= 0.6 is 0 Å². The molecular weight excluding hydrogens is 282 g/mol. The number of benzene rings is 1. The Bertz CT molecular complexity index is 556. The van der Waals surface area contributed by atoms with E-state index in [2.05, 4.69) is 0 Å². The van der Waals surface area contributed by atoms with E-state index in [-0.39, 0.29) is 13.2 Å². The first kappa shape index (κ1) is 16.5. The van der Waals surface area contributed by atoms with Crippen LogP contribution in [0.3, 0.4) is 0 Å². The van der Waals surface area contributed by atoms with Crippen molar-refractivity contribution in [3.63, 3.8) is 0 Å². The Morgan fingerprint density at radius 3 is 2.70 bits per heavy atom. The molecule has 0 bridgehead atoms. The number of rotatable bonds is 8. The predicted octanol–water partition coefficient (Wildman–Crippen LogP) is 1.11. The zero-order valence-corrected chi connectivity index (χ0v) is 12.4. The summed E-state index contributed by atoms with van der Waals surface area (Å²) in [7, 11) is -2.13. The van der Waals surface area contributed by atoms with Gasteiger partial charge in [0.15, 0.2) is 0 Å². The van der Waals surface area contributed by atoms with Crippen LogP contribution in [0.2, 0.25) is 0 Å². The van der Waals surface area contributed by atoms with E-state index in [0.29, 0.717) is 5.75 Å². The Kier molecular flexibility index (Phi) is 5.97. The summed E-state index contributed by atoms with van der Waals surface area (Å²) < 4.78 is 30.0. The zero-order valence-electron chi connectivity index (χ0n) is 11.6. The number of sulfonamides is 1. The number of carboxylic acids is 1. The van der Waals surface area contributed by atoms with Gasteiger partial charge in [-0.2, -0.15) is 0 Å². The lowest BCUT2D eigenvalue weighted by Gasteiger charge is -2.17. The molecule has 20 heavy (non-hydrogen) atoms. The summed E-state index contributed by atoms with van der Waals surface area (Å²) in [5.41, 5.74) is 1.06. The minimum Gasteiger partial charge on any atom is -0.492 e. The molecule has 1 aromatic rings.